The van der Waals surface area contributed by atoms with Crippen LogP contribution >= 0.6 is 23.8 Å². The minimum absolute atomic E-state index is 0.327. The maximum absolute atomic E-state index is 5.95. The van der Waals surface area contributed by atoms with Gasteiger partial charge in [-0.05, 0) is 30.3 Å². The molecule has 1 aromatic carbocycles. The van der Waals surface area contributed by atoms with Crippen molar-refractivity contribution >= 4 is 40.2 Å². The lowest BCUT2D eigenvalue weighted by atomic mass is 10.1. The Labute approximate surface area is 110 Å². The van der Waals surface area contributed by atoms with E-state index in [1.54, 1.807) is 30.6 Å². The summed E-state index contributed by atoms with van der Waals surface area (Å²) in [5.74, 6) is 0. The Morgan fingerprint density at radius 2 is 2.18 bits per heavy atom. The summed E-state index contributed by atoms with van der Waals surface area (Å²) < 4.78 is 0. The van der Waals surface area contributed by atoms with E-state index in [1.807, 2.05) is 12.1 Å². The first-order valence-corrected chi connectivity index (χ1v) is 5.72. The lowest BCUT2D eigenvalue weighted by Gasteiger charge is -2.11. The first kappa shape index (κ1) is 11.8. The van der Waals surface area contributed by atoms with Crippen LogP contribution in [0, 0.1) is 0 Å². The largest absolute Gasteiger partial charge is 0.389 e. The number of nitrogens with one attached hydrogen (secondary N) is 1. The van der Waals surface area contributed by atoms with Gasteiger partial charge in [-0.3, -0.25) is 4.98 Å². The second kappa shape index (κ2) is 5.12. The lowest BCUT2D eigenvalue weighted by molar-refractivity contribution is 1.32. The molecule has 0 saturated heterocycles. The highest BCUT2D eigenvalue weighted by molar-refractivity contribution is 7.80. The van der Waals surface area contributed by atoms with Crippen LogP contribution in [0.2, 0.25) is 5.02 Å². The molecule has 0 bridgehead atoms. The van der Waals surface area contributed by atoms with Crippen molar-refractivity contribution in [2.45, 2.75) is 0 Å². The topological polar surface area (TPSA) is 50.9 Å². The predicted octanol–water partition coefficient (Wildman–Crippen LogP) is 3.11. The first-order chi connectivity index (χ1) is 8.16. The summed E-state index contributed by atoms with van der Waals surface area (Å²) in [6, 6.07) is 9.07. The Morgan fingerprint density at radius 3 is 2.82 bits per heavy atom. The zero-order valence-corrected chi connectivity index (χ0v) is 10.4. The van der Waals surface area contributed by atoms with Gasteiger partial charge in [-0.2, -0.15) is 0 Å². The van der Waals surface area contributed by atoms with Gasteiger partial charge in [-0.25, -0.2) is 0 Å². The molecule has 5 heteroatoms. The van der Waals surface area contributed by atoms with Gasteiger partial charge in [-0.15, -0.1) is 0 Å². The standard InChI is InChI=1S/C12H10ClN3S/c13-8-3-4-10(12(14)17)11(6-8)16-9-2-1-5-15-7-9/h1-7,16H,(H2,14,17). The van der Waals surface area contributed by atoms with Crippen molar-refractivity contribution in [2.24, 2.45) is 5.73 Å². The number of hydrogen-bond donors (Lipinski definition) is 2. The van der Waals surface area contributed by atoms with Crippen LogP contribution in [-0.2, 0) is 0 Å². The zero-order chi connectivity index (χ0) is 12.3. The third kappa shape index (κ3) is 2.93. The van der Waals surface area contributed by atoms with Gasteiger partial charge in [0.2, 0.25) is 0 Å². The first-order valence-electron chi connectivity index (χ1n) is 4.93. The Hall–Kier alpha value is -1.65. The van der Waals surface area contributed by atoms with E-state index < -0.39 is 0 Å². The van der Waals surface area contributed by atoms with E-state index in [0.717, 1.165) is 16.9 Å². The molecular formula is C12H10ClN3S. The van der Waals surface area contributed by atoms with Crippen molar-refractivity contribution in [1.82, 2.24) is 4.98 Å². The fourth-order valence-electron chi connectivity index (χ4n) is 1.43. The molecule has 0 unspecified atom stereocenters. The van der Waals surface area contributed by atoms with Crippen molar-refractivity contribution in [1.29, 1.82) is 0 Å². The number of rotatable bonds is 3. The molecule has 86 valence electrons. The minimum Gasteiger partial charge on any atom is -0.389 e. The van der Waals surface area contributed by atoms with Crippen molar-refractivity contribution < 1.29 is 0 Å². The molecule has 0 fully saturated rings. The summed E-state index contributed by atoms with van der Waals surface area (Å²) in [6.45, 7) is 0. The van der Waals surface area contributed by atoms with Crippen molar-refractivity contribution in [2.75, 3.05) is 5.32 Å². The number of halogens is 1. The van der Waals surface area contributed by atoms with Crippen molar-refractivity contribution in [3.8, 4) is 0 Å². The Morgan fingerprint density at radius 1 is 1.35 bits per heavy atom. The number of benzene rings is 1. The third-order valence-corrected chi connectivity index (χ3v) is 2.64. The summed E-state index contributed by atoms with van der Waals surface area (Å²) in [5.41, 5.74) is 8.04. The summed E-state index contributed by atoms with van der Waals surface area (Å²) in [4.78, 5) is 4.35. The van der Waals surface area contributed by atoms with Crippen molar-refractivity contribution in [3.05, 3.63) is 53.3 Å². The van der Waals surface area contributed by atoms with E-state index in [2.05, 4.69) is 10.3 Å². The zero-order valence-electron chi connectivity index (χ0n) is 8.85. The van der Waals surface area contributed by atoms with E-state index in [9.17, 15) is 0 Å². The van der Waals surface area contributed by atoms with Crippen LogP contribution in [0.5, 0.6) is 0 Å². The van der Waals surface area contributed by atoms with E-state index in [1.165, 1.54) is 0 Å². The molecule has 0 saturated carbocycles. The van der Waals surface area contributed by atoms with E-state index in [-0.39, 0.29) is 0 Å². The highest BCUT2D eigenvalue weighted by atomic mass is 35.5. The molecule has 2 aromatic rings. The maximum Gasteiger partial charge on any atom is 0.106 e. The van der Waals surface area contributed by atoms with E-state index in [4.69, 9.17) is 29.6 Å². The van der Waals surface area contributed by atoms with Gasteiger partial charge in [0.1, 0.15) is 4.99 Å². The van der Waals surface area contributed by atoms with E-state index in [0.29, 0.717) is 10.0 Å². The van der Waals surface area contributed by atoms with Crippen molar-refractivity contribution in [3.63, 3.8) is 0 Å². The molecule has 0 aliphatic rings. The average molecular weight is 264 g/mol. The molecular weight excluding hydrogens is 254 g/mol. The number of hydrogen-bond acceptors (Lipinski definition) is 3. The number of pyridine rings is 1. The third-order valence-electron chi connectivity index (χ3n) is 2.19. The van der Waals surface area contributed by atoms with Gasteiger partial charge in [0.25, 0.3) is 0 Å². The average Bonchev–Trinajstić information content (AvgIpc) is 2.30. The number of thiocarbonyl (C=S) groups is 1. The molecule has 1 aromatic heterocycles. The quantitative estimate of drug-likeness (QED) is 0.836. The summed E-state index contributed by atoms with van der Waals surface area (Å²) in [5, 5.41) is 3.80. The van der Waals surface area contributed by atoms with Gasteiger partial charge >= 0.3 is 0 Å². The fraction of sp³-hybridized carbons (Fsp3) is 0. The van der Waals surface area contributed by atoms with Crippen LogP contribution in [0.25, 0.3) is 0 Å². The molecule has 2 rings (SSSR count). The van der Waals surface area contributed by atoms with Gasteiger partial charge in [0, 0.05) is 16.8 Å². The highest BCUT2D eigenvalue weighted by Gasteiger charge is 2.06. The normalized spacial score (nSPS) is 9.94. The Kier molecular flexibility index (Phi) is 3.56. The van der Waals surface area contributed by atoms with Crippen LogP contribution < -0.4 is 11.1 Å². The number of anilines is 2. The minimum atomic E-state index is 0.327. The van der Waals surface area contributed by atoms with Gasteiger partial charge in [0.05, 0.1) is 17.6 Å². The summed E-state index contributed by atoms with van der Waals surface area (Å²) in [6.07, 6.45) is 3.42. The second-order valence-corrected chi connectivity index (χ2v) is 4.30. The molecule has 1 heterocycles. The maximum atomic E-state index is 5.95. The van der Waals surface area contributed by atoms with Gasteiger partial charge < -0.3 is 11.1 Å². The SMILES string of the molecule is NC(=S)c1ccc(Cl)cc1Nc1cccnc1. The van der Waals surface area contributed by atoms with Gasteiger partial charge in [0.15, 0.2) is 0 Å². The van der Waals surface area contributed by atoms with Crippen LogP contribution in [0.15, 0.2) is 42.7 Å². The highest BCUT2D eigenvalue weighted by Crippen LogP contribution is 2.24. The summed E-state index contributed by atoms with van der Waals surface area (Å²) in [7, 11) is 0. The molecule has 0 aliphatic carbocycles. The number of aromatic nitrogens is 1. The summed E-state index contributed by atoms with van der Waals surface area (Å²) >= 11 is 10.9. The molecule has 17 heavy (non-hydrogen) atoms. The predicted molar refractivity (Wildman–Crippen MR) is 74.9 cm³/mol. The number of nitrogens with two attached hydrogens (primary N) is 1. The second-order valence-electron chi connectivity index (χ2n) is 3.42. The lowest BCUT2D eigenvalue weighted by Crippen LogP contribution is -2.11. The van der Waals surface area contributed by atoms with Crippen LogP contribution in [0.3, 0.4) is 0 Å². The van der Waals surface area contributed by atoms with Crippen LogP contribution in [0.1, 0.15) is 5.56 Å². The van der Waals surface area contributed by atoms with Crippen LogP contribution in [0.4, 0.5) is 11.4 Å². The molecule has 0 atom stereocenters. The molecule has 0 aliphatic heterocycles. The Balaban J connectivity index is 2.37. The number of nitrogens with zero attached hydrogens (tertiary/aromatic N) is 1. The van der Waals surface area contributed by atoms with Crippen LogP contribution in [-0.4, -0.2) is 9.97 Å². The molecule has 3 nitrogen and oxygen atoms in total. The van der Waals surface area contributed by atoms with Gasteiger partial charge in [-0.1, -0.05) is 23.8 Å². The molecule has 0 radical (unpaired) electrons. The fourth-order valence-corrected chi connectivity index (χ4v) is 1.78. The molecule has 0 amide bonds. The smallest absolute Gasteiger partial charge is 0.106 e. The monoisotopic (exact) mass is 263 g/mol. The molecule has 0 spiro atoms. The van der Waals surface area contributed by atoms with E-state index >= 15 is 0 Å². The molecule has 3 N–H and O–H groups in total. The Bertz CT molecular complexity index is 543.